The first-order valence-electron chi connectivity index (χ1n) is 14.8. The summed E-state index contributed by atoms with van der Waals surface area (Å²) in [6.45, 7) is 0. The molecular weight excluding hydrogens is 576 g/mol. The number of anilines is 2. The molecule has 0 amide bonds. The smallest absolute Gasteiger partial charge is 0.0629 e. The predicted octanol–water partition coefficient (Wildman–Crippen LogP) is 10.5. The minimum atomic E-state index is 0.313. The van der Waals surface area contributed by atoms with Gasteiger partial charge in [-0.25, -0.2) is 0 Å². The van der Waals surface area contributed by atoms with E-state index in [1.165, 1.54) is 61.1 Å². The molecule has 2 atom stereocenters. The summed E-state index contributed by atoms with van der Waals surface area (Å²) in [5, 5.41) is 3.62. The molecule has 6 aromatic rings. The van der Waals surface area contributed by atoms with Gasteiger partial charge in [-0.15, -0.1) is 0 Å². The van der Waals surface area contributed by atoms with Crippen LogP contribution in [-0.2, 0) is 6.42 Å². The van der Waals surface area contributed by atoms with Crippen molar-refractivity contribution in [3.63, 3.8) is 0 Å². The van der Waals surface area contributed by atoms with Crippen molar-refractivity contribution in [3.05, 3.63) is 151 Å². The molecule has 0 fully saturated rings. The van der Waals surface area contributed by atoms with Crippen LogP contribution in [0, 0.1) is 0 Å². The fraction of sp³-hybridized carbons (Fsp3) is 0.128. The number of benzene rings is 5. The third kappa shape index (κ3) is 4.15. The molecular formula is C39H31BrN2. The largest absolute Gasteiger partial charge is 0.333 e. The molecule has 0 radical (unpaired) electrons. The Hall–Kier alpha value is -4.34. The zero-order valence-electron chi connectivity index (χ0n) is 23.3. The summed E-state index contributed by atoms with van der Waals surface area (Å²) in [6.07, 6.45) is 11.4. The van der Waals surface area contributed by atoms with Crippen LogP contribution in [0.15, 0.2) is 140 Å². The third-order valence-electron chi connectivity index (χ3n) is 8.90. The van der Waals surface area contributed by atoms with Gasteiger partial charge in [0.2, 0.25) is 0 Å². The van der Waals surface area contributed by atoms with Gasteiger partial charge in [0.1, 0.15) is 0 Å². The van der Waals surface area contributed by atoms with E-state index in [0.717, 1.165) is 18.2 Å². The van der Waals surface area contributed by atoms with E-state index in [4.69, 9.17) is 0 Å². The second kappa shape index (κ2) is 10.5. The van der Waals surface area contributed by atoms with Gasteiger partial charge in [-0.2, -0.15) is 0 Å². The SMILES string of the molecule is BrCCCc1ccc2c(c1)C1C=CC=CC1N2c1ccc(-c2ccc(-n3c4ccccc4c4ccccc43)cc2)cc1. The summed E-state index contributed by atoms with van der Waals surface area (Å²) in [5.74, 6) is 0.391. The maximum absolute atomic E-state index is 3.59. The molecule has 2 unspecified atom stereocenters. The predicted molar refractivity (Wildman–Crippen MR) is 182 cm³/mol. The molecule has 1 aliphatic carbocycles. The molecule has 5 aromatic carbocycles. The van der Waals surface area contributed by atoms with E-state index in [9.17, 15) is 0 Å². The Kier molecular flexibility index (Phi) is 6.34. The highest BCUT2D eigenvalue weighted by atomic mass is 79.9. The van der Waals surface area contributed by atoms with Crippen molar-refractivity contribution in [2.45, 2.75) is 24.8 Å². The van der Waals surface area contributed by atoms with Crippen LogP contribution in [0.1, 0.15) is 23.5 Å². The van der Waals surface area contributed by atoms with Crippen molar-refractivity contribution in [2.75, 3.05) is 10.2 Å². The number of para-hydroxylation sites is 2. The zero-order valence-corrected chi connectivity index (χ0v) is 24.9. The standard InChI is InChI=1S/C39H31BrN2/c40-25-7-8-27-15-24-39-35(26-27)34-11-3-6-14-38(34)42(39)31-22-18-29(19-23-31)28-16-20-30(21-17-28)41-36-12-4-1-9-32(36)33-10-2-5-13-37(33)41/h1-6,9-24,26,34,38H,7-8,25H2. The molecule has 0 saturated carbocycles. The Morgan fingerprint density at radius 3 is 1.90 bits per heavy atom. The van der Waals surface area contributed by atoms with Gasteiger partial charge >= 0.3 is 0 Å². The molecule has 2 heterocycles. The van der Waals surface area contributed by atoms with E-state index in [1.807, 2.05) is 0 Å². The first-order chi connectivity index (χ1) is 20.8. The Balaban J connectivity index is 1.11. The van der Waals surface area contributed by atoms with Crippen molar-refractivity contribution >= 4 is 49.1 Å². The molecule has 0 N–H and O–H groups in total. The number of hydrogen-bond acceptors (Lipinski definition) is 1. The molecule has 42 heavy (non-hydrogen) atoms. The quantitative estimate of drug-likeness (QED) is 0.171. The fourth-order valence-electron chi connectivity index (χ4n) is 6.94. The van der Waals surface area contributed by atoms with E-state index >= 15 is 0 Å². The van der Waals surface area contributed by atoms with Crippen LogP contribution >= 0.6 is 15.9 Å². The Bertz CT molecular complexity index is 1920. The van der Waals surface area contributed by atoms with E-state index in [1.54, 1.807) is 0 Å². The average Bonchev–Trinajstić information content (AvgIpc) is 3.57. The topological polar surface area (TPSA) is 8.17 Å². The molecule has 3 heteroatoms. The van der Waals surface area contributed by atoms with E-state index in [0.29, 0.717) is 12.0 Å². The summed E-state index contributed by atoms with van der Waals surface area (Å²) in [6, 6.07) is 42.8. The summed E-state index contributed by atoms with van der Waals surface area (Å²) in [4.78, 5) is 2.52. The second-order valence-corrected chi connectivity index (χ2v) is 12.1. The lowest BCUT2D eigenvalue weighted by Gasteiger charge is -2.28. The summed E-state index contributed by atoms with van der Waals surface area (Å²) < 4.78 is 2.37. The van der Waals surface area contributed by atoms with Crippen LogP contribution in [0.2, 0.25) is 0 Å². The zero-order chi connectivity index (χ0) is 28.0. The highest BCUT2D eigenvalue weighted by Gasteiger charge is 2.37. The molecule has 2 nitrogen and oxygen atoms in total. The van der Waals surface area contributed by atoms with Crippen LogP contribution in [0.5, 0.6) is 0 Å². The van der Waals surface area contributed by atoms with Crippen molar-refractivity contribution < 1.29 is 0 Å². The highest BCUT2D eigenvalue weighted by molar-refractivity contribution is 9.09. The van der Waals surface area contributed by atoms with E-state index < -0.39 is 0 Å². The number of aryl methyl sites for hydroxylation is 1. The monoisotopic (exact) mass is 606 g/mol. The number of fused-ring (bicyclic) bond motifs is 6. The van der Waals surface area contributed by atoms with Gasteiger partial charge in [0.15, 0.2) is 0 Å². The number of rotatable bonds is 6. The van der Waals surface area contributed by atoms with Crippen LogP contribution in [0.3, 0.4) is 0 Å². The Labute approximate surface area is 255 Å². The van der Waals surface area contributed by atoms with Crippen molar-refractivity contribution in [3.8, 4) is 16.8 Å². The summed E-state index contributed by atoms with van der Waals surface area (Å²) in [7, 11) is 0. The molecule has 2 aliphatic rings. The average molecular weight is 608 g/mol. The summed E-state index contributed by atoms with van der Waals surface area (Å²) in [5.41, 5.74) is 11.5. The molecule has 0 saturated heterocycles. The Morgan fingerprint density at radius 1 is 0.619 bits per heavy atom. The van der Waals surface area contributed by atoms with Crippen molar-refractivity contribution in [1.82, 2.24) is 4.57 Å². The van der Waals surface area contributed by atoms with Gasteiger partial charge in [-0.1, -0.05) is 113 Å². The Morgan fingerprint density at radius 2 is 1.24 bits per heavy atom. The molecule has 0 bridgehead atoms. The van der Waals surface area contributed by atoms with Gasteiger partial charge < -0.3 is 9.47 Å². The first kappa shape index (κ1) is 25.4. The van der Waals surface area contributed by atoms with Crippen molar-refractivity contribution in [2.24, 2.45) is 0 Å². The lowest BCUT2D eigenvalue weighted by atomic mass is 9.90. The number of halogens is 1. The first-order valence-corrected chi connectivity index (χ1v) is 15.9. The van der Waals surface area contributed by atoms with Crippen LogP contribution in [-0.4, -0.2) is 15.9 Å². The third-order valence-corrected chi connectivity index (χ3v) is 9.46. The van der Waals surface area contributed by atoms with Gasteiger partial charge in [-0.05, 0) is 77.6 Å². The van der Waals surface area contributed by atoms with Gasteiger partial charge in [0, 0.05) is 39.1 Å². The summed E-state index contributed by atoms with van der Waals surface area (Å²) >= 11 is 3.59. The number of aromatic nitrogens is 1. The van der Waals surface area contributed by atoms with Crippen LogP contribution in [0.4, 0.5) is 11.4 Å². The second-order valence-electron chi connectivity index (χ2n) is 11.3. The lowest BCUT2D eigenvalue weighted by Crippen LogP contribution is -2.28. The fourth-order valence-corrected chi connectivity index (χ4v) is 7.22. The van der Waals surface area contributed by atoms with E-state index in [-0.39, 0.29) is 0 Å². The van der Waals surface area contributed by atoms with Gasteiger partial charge in [0.25, 0.3) is 0 Å². The lowest BCUT2D eigenvalue weighted by molar-refractivity contribution is 0.744. The molecule has 204 valence electrons. The molecule has 0 spiro atoms. The molecule has 8 rings (SSSR count). The van der Waals surface area contributed by atoms with Crippen LogP contribution in [0.25, 0.3) is 38.6 Å². The normalized spacial score (nSPS) is 17.2. The van der Waals surface area contributed by atoms with Crippen molar-refractivity contribution in [1.29, 1.82) is 0 Å². The number of nitrogens with zero attached hydrogens (tertiary/aromatic N) is 2. The highest BCUT2D eigenvalue weighted by Crippen LogP contribution is 2.48. The minimum absolute atomic E-state index is 0.313. The number of alkyl halides is 1. The van der Waals surface area contributed by atoms with Gasteiger partial charge in [-0.3, -0.25) is 0 Å². The van der Waals surface area contributed by atoms with Crippen LogP contribution < -0.4 is 4.90 Å². The van der Waals surface area contributed by atoms with E-state index in [2.05, 4.69) is 165 Å². The molecule has 1 aliphatic heterocycles. The van der Waals surface area contributed by atoms with Gasteiger partial charge in [0.05, 0.1) is 17.1 Å². The number of allylic oxidation sites excluding steroid dienone is 2. The minimum Gasteiger partial charge on any atom is -0.333 e. The number of hydrogen-bond donors (Lipinski definition) is 0. The molecule has 1 aromatic heterocycles. The maximum atomic E-state index is 3.59. The maximum Gasteiger partial charge on any atom is 0.0629 e.